The quantitative estimate of drug-likeness (QED) is 0.387. The molecule has 0 saturated carbocycles. The van der Waals surface area contributed by atoms with Crippen LogP contribution in [0.1, 0.15) is 17.5 Å². The first-order chi connectivity index (χ1) is 16.8. The maximum Gasteiger partial charge on any atom is 0.328 e. The Hall–Kier alpha value is -4.14. The second-order valence-corrected chi connectivity index (χ2v) is 7.98. The molecule has 1 saturated heterocycles. The molecule has 2 aromatic carbocycles. The van der Waals surface area contributed by atoms with E-state index in [1.807, 2.05) is 36.4 Å². The summed E-state index contributed by atoms with van der Waals surface area (Å²) in [6, 6.07) is 13.8. The molecule has 35 heavy (non-hydrogen) atoms. The fourth-order valence-electron chi connectivity index (χ4n) is 3.97. The van der Waals surface area contributed by atoms with Gasteiger partial charge in [0.05, 0.1) is 20.6 Å². The average Bonchev–Trinajstić information content (AvgIpc) is 3.14. The molecular formula is C26H28N2O7. The molecule has 1 heterocycles. The summed E-state index contributed by atoms with van der Waals surface area (Å²) in [4.78, 5) is 52.1. The Morgan fingerprint density at radius 2 is 1.71 bits per heavy atom. The van der Waals surface area contributed by atoms with Crippen molar-refractivity contribution in [3.05, 3.63) is 71.8 Å². The normalized spacial score (nSPS) is 15.5. The topological polar surface area (TPSA) is 113 Å². The van der Waals surface area contributed by atoms with Gasteiger partial charge in [0.2, 0.25) is 11.8 Å². The number of ether oxygens (including phenoxy) is 2. The summed E-state index contributed by atoms with van der Waals surface area (Å²) in [6.45, 7) is 0.315. The van der Waals surface area contributed by atoms with Gasteiger partial charge < -0.3 is 19.5 Å². The predicted molar refractivity (Wildman–Crippen MR) is 127 cm³/mol. The number of carboxylic acids is 1. The third-order valence-corrected chi connectivity index (χ3v) is 5.80. The molecule has 0 bridgehead atoms. The van der Waals surface area contributed by atoms with Gasteiger partial charge in [-0.1, -0.05) is 36.4 Å². The molecule has 2 aromatic rings. The van der Waals surface area contributed by atoms with Gasteiger partial charge in [-0.2, -0.15) is 0 Å². The number of benzene rings is 2. The summed E-state index contributed by atoms with van der Waals surface area (Å²) in [5.74, 6) is -1.68. The molecule has 1 fully saturated rings. The third-order valence-electron chi connectivity index (χ3n) is 5.80. The maximum atomic E-state index is 13.2. The number of rotatable bonds is 11. The molecule has 184 valence electrons. The number of methoxy groups -OCH3 is 2. The van der Waals surface area contributed by atoms with Gasteiger partial charge >= 0.3 is 5.97 Å². The molecule has 9 nitrogen and oxygen atoms in total. The van der Waals surface area contributed by atoms with Gasteiger partial charge in [0.25, 0.3) is 5.91 Å². The Balaban J connectivity index is 1.77. The SMILES string of the molecule is COc1ccc(CCN(C(=O)C=CC(=O)O)C2CC(=O)N(CCc3ccccc3)C2=O)cc1OC. The molecule has 9 heteroatoms. The van der Waals surface area contributed by atoms with Gasteiger partial charge in [-0.15, -0.1) is 0 Å². The van der Waals surface area contributed by atoms with E-state index in [-0.39, 0.29) is 25.4 Å². The largest absolute Gasteiger partial charge is 0.493 e. The van der Waals surface area contributed by atoms with Crippen LogP contribution in [-0.4, -0.2) is 71.9 Å². The summed E-state index contributed by atoms with van der Waals surface area (Å²) in [5, 5.41) is 8.93. The standard InChI is InChI=1S/C26H28N2O7/c1-34-21-9-8-19(16-22(21)35-2)13-14-27(23(29)10-11-25(31)32)20-17-24(30)28(26(20)33)15-12-18-6-4-3-5-7-18/h3-11,16,20H,12-15,17H2,1-2H3,(H,31,32). The fraction of sp³-hybridized carbons (Fsp3) is 0.308. The Bertz CT molecular complexity index is 1110. The predicted octanol–water partition coefficient (Wildman–Crippen LogP) is 2.09. The zero-order valence-electron chi connectivity index (χ0n) is 19.7. The molecular weight excluding hydrogens is 452 g/mol. The van der Waals surface area contributed by atoms with E-state index in [4.69, 9.17) is 14.6 Å². The molecule has 1 N–H and O–H groups in total. The Kier molecular flexibility index (Phi) is 8.61. The van der Waals surface area contributed by atoms with Crippen LogP contribution in [0.4, 0.5) is 0 Å². The van der Waals surface area contributed by atoms with Gasteiger partial charge in [0.15, 0.2) is 11.5 Å². The van der Waals surface area contributed by atoms with Gasteiger partial charge in [-0.3, -0.25) is 19.3 Å². The Labute approximate surface area is 203 Å². The number of hydrogen-bond acceptors (Lipinski definition) is 6. The highest BCUT2D eigenvalue weighted by molar-refractivity contribution is 6.07. The van der Waals surface area contributed by atoms with Gasteiger partial charge in [-0.05, 0) is 36.1 Å². The second kappa shape index (κ2) is 11.8. The summed E-state index contributed by atoms with van der Waals surface area (Å²) >= 11 is 0. The summed E-state index contributed by atoms with van der Waals surface area (Å²) in [6.07, 6.45) is 2.34. The minimum absolute atomic E-state index is 0.106. The van der Waals surface area contributed by atoms with Crippen LogP contribution in [0, 0.1) is 0 Å². The Morgan fingerprint density at radius 1 is 1.00 bits per heavy atom. The van der Waals surface area contributed by atoms with E-state index >= 15 is 0 Å². The molecule has 1 atom stereocenters. The highest BCUT2D eigenvalue weighted by atomic mass is 16.5. The molecule has 1 aliphatic heterocycles. The summed E-state index contributed by atoms with van der Waals surface area (Å²) in [5.41, 5.74) is 1.81. The highest BCUT2D eigenvalue weighted by Gasteiger charge is 2.42. The maximum absolute atomic E-state index is 13.2. The van der Waals surface area contributed by atoms with E-state index in [1.54, 1.807) is 12.1 Å². The summed E-state index contributed by atoms with van der Waals surface area (Å²) < 4.78 is 10.6. The van der Waals surface area contributed by atoms with Gasteiger partial charge in [0, 0.05) is 25.2 Å². The first kappa shape index (κ1) is 25.5. The lowest BCUT2D eigenvalue weighted by atomic mass is 10.1. The van der Waals surface area contributed by atoms with Gasteiger partial charge in [-0.25, -0.2) is 4.79 Å². The number of carbonyl (C=O) groups is 4. The van der Waals surface area contributed by atoms with Crippen molar-refractivity contribution in [1.29, 1.82) is 0 Å². The van der Waals surface area contributed by atoms with Crippen molar-refractivity contribution in [1.82, 2.24) is 9.80 Å². The third kappa shape index (κ3) is 6.47. The fourth-order valence-corrected chi connectivity index (χ4v) is 3.97. The smallest absolute Gasteiger partial charge is 0.328 e. The van der Waals surface area contributed by atoms with Crippen molar-refractivity contribution < 1.29 is 33.8 Å². The molecule has 0 aromatic heterocycles. The van der Waals surface area contributed by atoms with Crippen LogP contribution in [-0.2, 0) is 32.0 Å². The van der Waals surface area contributed by atoms with E-state index in [9.17, 15) is 19.2 Å². The lowest BCUT2D eigenvalue weighted by Gasteiger charge is -2.27. The summed E-state index contributed by atoms with van der Waals surface area (Å²) in [7, 11) is 3.04. The van der Waals surface area contributed by atoms with Crippen molar-refractivity contribution >= 4 is 23.7 Å². The second-order valence-electron chi connectivity index (χ2n) is 7.98. The molecule has 3 rings (SSSR count). The van der Waals surface area contributed by atoms with E-state index in [0.717, 1.165) is 23.3 Å². The first-order valence-electron chi connectivity index (χ1n) is 11.1. The molecule has 3 amide bonds. The molecule has 0 aliphatic carbocycles. The van der Waals surface area contributed by atoms with E-state index in [2.05, 4.69) is 0 Å². The first-order valence-corrected chi connectivity index (χ1v) is 11.1. The lowest BCUT2D eigenvalue weighted by molar-refractivity contribution is -0.142. The molecule has 0 radical (unpaired) electrons. The minimum Gasteiger partial charge on any atom is -0.493 e. The number of imide groups is 1. The van der Waals surface area contributed by atoms with Crippen molar-refractivity contribution in [3.8, 4) is 11.5 Å². The molecule has 0 spiro atoms. The molecule has 1 aliphatic rings. The van der Waals surface area contributed by atoms with Crippen LogP contribution in [0.15, 0.2) is 60.7 Å². The van der Waals surface area contributed by atoms with Crippen LogP contribution >= 0.6 is 0 Å². The van der Waals surface area contributed by atoms with Crippen LogP contribution in [0.5, 0.6) is 11.5 Å². The number of aliphatic carboxylic acids is 1. The van der Waals surface area contributed by atoms with Crippen LogP contribution in [0.25, 0.3) is 0 Å². The van der Waals surface area contributed by atoms with Crippen LogP contribution in [0.2, 0.25) is 0 Å². The minimum atomic E-state index is -1.28. The monoisotopic (exact) mass is 480 g/mol. The zero-order chi connectivity index (χ0) is 25.4. The zero-order valence-corrected chi connectivity index (χ0v) is 19.7. The van der Waals surface area contributed by atoms with Gasteiger partial charge in [0.1, 0.15) is 6.04 Å². The number of carbonyl (C=O) groups excluding carboxylic acids is 3. The van der Waals surface area contributed by atoms with Crippen molar-refractivity contribution in [2.75, 3.05) is 27.3 Å². The highest BCUT2D eigenvalue weighted by Crippen LogP contribution is 2.28. The number of carboxylic acid groups (broad SMARTS) is 1. The van der Waals surface area contributed by atoms with Crippen LogP contribution in [0.3, 0.4) is 0 Å². The average molecular weight is 481 g/mol. The lowest BCUT2D eigenvalue weighted by Crippen LogP contribution is -2.46. The van der Waals surface area contributed by atoms with E-state index < -0.39 is 23.8 Å². The Morgan fingerprint density at radius 3 is 2.37 bits per heavy atom. The van der Waals surface area contributed by atoms with E-state index in [1.165, 1.54) is 24.0 Å². The van der Waals surface area contributed by atoms with Crippen molar-refractivity contribution in [2.45, 2.75) is 25.3 Å². The van der Waals surface area contributed by atoms with Crippen LogP contribution < -0.4 is 9.47 Å². The van der Waals surface area contributed by atoms with E-state index in [0.29, 0.717) is 24.3 Å². The van der Waals surface area contributed by atoms with Crippen molar-refractivity contribution in [2.24, 2.45) is 0 Å². The number of likely N-dealkylation sites (tertiary alicyclic amines) is 1. The van der Waals surface area contributed by atoms with Crippen molar-refractivity contribution in [3.63, 3.8) is 0 Å². The number of hydrogen-bond donors (Lipinski definition) is 1. The molecule has 1 unspecified atom stereocenters. The number of nitrogens with zero attached hydrogens (tertiary/aromatic N) is 2. The number of amides is 3.